The van der Waals surface area contributed by atoms with Crippen LogP contribution in [0.5, 0.6) is 0 Å². The van der Waals surface area contributed by atoms with Crippen molar-refractivity contribution >= 4 is 41.0 Å². The van der Waals surface area contributed by atoms with E-state index in [2.05, 4.69) is 35.9 Å². The topological polar surface area (TPSA) is 146 Å². The third-order valence-electron chi connectivity index (χ3n) is 6.10. The van der Waals surface area contributed by atoms with Gasteiger partial charge in [-0.15, -0.1) is 5.10 Å². The Hall–Kier alpha value is -4.35. The molecule has 1 fully saturated rings. The minimum absolute atomic E-state index is 0.0726. The normalized spacial score (nSPS) is 17.7. The Bertz CT molecular complexity index is 1290. The maximum atomic E-state index is 12.1. The highest BCUT2D eigenvalue weighted by Crippen LogP contribution is 2.24. The van der Waals surface area contributed by atoms with Gasteiger partial charge in [0.2, 0.25) is 17.8 Å². The molecule has 3 heterocycles. The number of benzene rings is 1. The first-order valence-corrected chi connectivity index (χ1v) is 12.6. The Labute approximate surface area is 222 Å². The number of pyridine rings is 1. The molecule has 1 aromatic carbocycles. The number of nitrogens with zero attached hydrogens (tertiary/aromatic N) is 6. The largest absolute Gasteiger partial charge is 0.368 e. The lowest BCUT2D eigenvalue weighted by molar-refractivity contribution is -0.133. The number of nitrogen functional groups attached to an aromatic ring is 1. The number of rotatable bonds is 5. The van der Waals surface area contributed by atoms with Crippen LogP contribution in [0.3, 0.4) is 0 Å². The first-order chi connectivity index (χ1) is 17.9. The van der Waals surface area contributed by atoms with Gasteiger partial charge in [-0.3, -0.25) is 4.79 Å². The molecule has 3 amide bonds. The summed E-state index contributed by atoms with van der Waals surface area (Å²) in [6.07, 6.45) is 1.72. The van der Waals surface area contributed by atoms with Crippen molar-refractivity contribution in [3.63, 3.8) is 0 Å². The molecule has 2 aromatic heterocycles. The lowest BCUT2D eigenvalue weighted by Crippen LogP contribution is -2.58. The number of nitrogens with two attached hydrogens (primary N) is 1. The van der Waals surface area contributed by atoms with Gasteiger partial charge in [0.15, 0.2) is 0 Å². The van der Waals surface area contributed by atoms with E-state index < -0.39 is 0 Å². The van der Waals surface area contributed by atoms with E-state index in [1.807, 2.05) is 63.8 Å². The van der Waals surface area contributed by atoms with Gasteiger partial charge in [0, 0.05) is 61.3 Å². The Morgan fingerprint density at radius 1 is 1.03 bits per heavy atom. The molecule has 12 nitrogen and oxygen atoms in total. The fourth-order valence-electron chi connectivity index (χ4n) is 4.68. The average molecular weight is 521 g/mol. The summed E-state index contributed by atoms with van der Waals surface area (Å²) in [6.45, 7) is 12.8. The summed E-state index contributed by atoms with van der Waals surface area (Å²) in [5.41, 5.74) is 8.00. The van der Waals surface area contributed by atoms with Gasteiger partial charge >= 0.3 is 6.03 Å². The van der Waals surface area contributed by atoms with E-state index in [1.165, 1.54) is 0 Å². The van der Waals surface area contributed by atoms with Crippen molar-refractivity contribution in [2.75, 3.05) is 34.4 Å². The van der Waals surface area contributed by atoms with E-state index in [0.717, 1.165) is 17.2 Å². The number of carbonyl (C=O) groups excluding carboxylic acids is 2. The molecule has 4 rings (SSSR count). The molecule has 1 aliphatic rings. The molecule has 0 radical (unpaired) electrons. The Kier molecular flexibility index (Phi) is 7.42. The zero-order valence-electron chi connectivity index (χ0n) is 22.7. The van der Waals surface area contributed by atoms with Crippen molar-refractivity contribution in [1.82, 2.24) is 30.0 Å². The van der Waals surface area contributed by atoms with Crippen molar-refractivity contribution in [3.05, 3.63) is 42.6 Å². The van der Waals surface area contributed by atoms with Crippen LogP contribution in [0.1, 0.15) is 41.5 Å². The second-order valence-electron chi connectivity index (χ2n) is 10.6. The number of aromatic nitrogens is 4. The highest BCUT2D eigenvalue weighted by atomic mass is 16.2. The van der Waals surface area contributed by atoms with Crippen molar-refractivity contribution < 1.29 is 9.59 Å². The smallest absolute Gasteiger partial charge is 0.319 e. The van der Waals surface area contributed by atoms with Crippen LogP contribution in [0.2, 0.25) is 0 Å². The third-order valence-corrected chi connectivity index (χ3v) is 6.10. The summed E-state index contributed by atoms with van der Waals surface area (Å²) in [5, 5.41) is 13.3. The predicted octanol–water partition coefficient (Wildman–Crippen LogP) is 3.35. The Morgan fingerprint density at radius 2 is 1.66 bits per heavy atom. The van der Waals surface area contributed by atoms with Gasteiger partial charge in [-0.1, -0.05) is 0 Å². The molecule has 0 aliphatic carbocycles. The maximum absolute atomic E-state index is 12.1. The second-order valence-corrected chi connectivity index (χ2v) is 10.6. The van der Waals surface area contributed by atoms with Crippen molar-refractivity contribution in [1.29, 1.82) is 0 Å². The lowest BCUT2D eigenvalue weighted by Gasteiger charge is -2.44. The number of nitrogens with one attached hydrogen (secondary N) is 3. The fourth-order valence-corrected chi connectivity index (χ4v) is 4.68. The quantitative estimate of drug-likeness (QED) is 0.401. The number of carbonyl (C=O) groups is 2. The number of urea groups is 1. The van der Waals surface area contributed by atoms with E-state index >= 15 is 0 Å². The standard InChI is InChI=1S/C26H36N10O2/c1-16-14-34(15-17(2)35(16)18(3)37)22-13-21(11-12-28-22)36-23(27)31-24(33-36)29-19-7-9-20(10-8-19)30-25(38)32-26(4,5)6/h7-13,16-17H,14-15H2,1-6H3,(H2,30,32,38)(H3,27,29,31,33)/t16-,17+. The first kappa shape index (κ1) is 26.7. The lowest BCUT2D eigenvalue weighted by atomic mass is 10.1. The summed E-state index contributed by atoms with van der Waals surface area (Å²) in [5.74, 6) is 1.43. The van der Waals surface area contributed by atoms with E-state index in [0.29, 0.717) is 24.7 Å². The van der Waals surface area contributed by atoms with Crippen molar-refractivity contribution in [2.24, 2.45) is 0 Å². The molecule has 0 bridgehead atoms. The summed E-state index contributed by atoms with van der Waals surface area (Å²) in [7, 11) is 0. The van der Waals surface area contributed by atoms with E-state index in [4.69, 9.17) is 5.73 Å². The molecule has 202 valence electrons. The van der Waals surface area contributed by atoms with Gasteiger partial charge in [0.25, 0.3) is 0 Å². The zero-order chi connectivity index (χ0) is 27.6. The van der Waals surface area contributed by atoms with Gasteiger partial charge in [0.05, 0.1) is 5.69 Å². The number of hydrogen-bond acceptors (Lipinski definition) is 8. The van der Waals surface area contributed by atoms with E-state index in [-0.39, 0.29) is 35.5 Å². The summed E-state index contributed by atoms with van der Waals surface area (Å²) < 4.78 is 1.55. The van der Waals surface area contributed by atoms with Gasteiger partial charge < -0.3 is 31.5 Å². The van der Waals surface area contributed by atoms with Crippen LogP contribution in [0.25, 0.3) is 5.69 Å². The third kappa shape index (κ3) is 6.31. The van der Waals surface area contributed by atoms with Crippen LogP contribution >= 0.6 is 0 Å². The number of piperazine rings is 1. The predicted molar refractivity (Wildman–Crippen MR) is 149 cm³/mol. The van der Waals surface area contributed by atoms with Gasteiger partial charge in [-0.2, -0.15) is 9.67 Å². The van der Waals surface area contributed by atoms with Gasteiger partial charge in [0.1, 0.15) is 5.82 Å². The van der Waals surface area contributed by atoms with Crippen molar-refractivity contribution in [3.8, 4) is 5.69 Å². The van der Waals surface area contributed by atoms with Crippen LogP contribution < -0.4 is 26.6 Å². The molecule has 5 N–H and O–H groups in total. The minimum Gasteiger partial charge on any atom is -0.368 e. The van der Waals surface area contributed by atoms with Gasteiger partial charge in [-0.25, -0.2) is 9.78 Å². The second kappa shape index (κ2) is 10.6. The van der Waals surface area contributed by atoms with Crippen molar-refractivity contribution in [2.45, 2.75) is 59.2 Å². The average Bonchev–Trinajstić information content (AvgIpc) is 3.18. The molecule has 2 atom stereocenters. The number of hydrogen-bond donors (Lipinski definition) is 4. The Morgan fingerprint density at radius 3 is 2.26 bits per heavy atom. The summed E-state index contributed by atoms with van der Waals surface area (Å²) in [4.78, 5) is 37.1. The SMILES string of the molecule is CC(=O)N1[C@H](C)CN(c2cc(-n3nc(Nc4ccc(NC(=O)NC(C)(C)C)cc4)nc3N)ccn2)C[C@@H]1C. The molecule has 0 spiro atoms. The number of amides is 3. The van der Waals surface area contributed by atoms with Crippen LogP contribution in [0.15, 0.2) is 42.6 Å². The van der Waals surface area contributed by atoms with Crippen LogP contribution in [0, 0.1) is 0 Å². The van der Waals surface area contributed by atoms with E-state index in [1.54, 1.807) is 29.9 Å². The molecule has 1 saturated heterocycles. The summed E-state index contributed by atoms with van der Waals surface area (Å²) in [6, 6.07) is 10.8. The van der Waals surface area contributed by atoms with Crippen LogP contribution in [0.4, 0.5) is 33.9 Å². The molecule has 0 unspecified atom stereocenters. The van der Waals surface area contributed by atoms with Crippen LogP contribution in [-0.4, -0.2) is 67.3 Å². The highest BCUT2D eigenvalue weighted by molar-refractivity contribution is 5.89. The first-order valence-electron chi connectivity index (χ1n) is 12.6. The van der Waals surface area contributed by atoms with Gasteiger partial charge in [-0.05, 0) is 65.0 Å². The molecule has 0 saturated carbocycles. The molecule has 1 aliphatic heterocycles. The maximum Gasteiger partial charge on any atom is 0.319 e. The summed E-state index contributed by atoms with van der Waals surface area (Å²) >= 11 is 0. The monoisotopic (exact) mass is 520 g/mol. The molecule has 3 aromatic rings. The Balaban J connectivity index is 1.45. The molecule has 12 heteroatoms. The molecular weight excluding hydrogens is 484 g/mol. The minimum atomic E-state index is -0.326. The van der Waals surface area contributed by atoms with Crippen LogP contribution in [-0.2, 0) is 4.79 Å². The van der Waals surface area contributed by atoms with E-state index in [9.17, 15) is 9.59 Å². The zero-order valence-corrected chi connectivity index (χ0v) is 22.7. The fraction of sp³-hybridized carbons (Fsp3) is 0.423. The number of anilines is 5. The highest BCUT2D eigenvalue weighted by Gasteiger charge is 2.31. The molecular formula is C26H36N10O2. The molecule has 38 heavy (non-hydrogen) atoms.